The van der Waals surface area contributed by atoms with Crippen LogP contribution in [0.15, 0.2) is 30.3 Å². The van der Waals surface area contributed by atoms with Gasteiger partial charge in [0.1, 0.15) is 0 Å². The van der Waals surface area contributed by atoms with Crippen molar-refractivity contribution in [3.63, 3.8) is 0 Å². The van der Waals surface area contributed by atoms with Gasteiger partial charge in [0.15, 0.2) is 5.82 Å². The third kappa shape index (κ3) is 2.61. The zero-order chi connectivity index (χ0) is 15.7. The Labute approximate surface area is 131 Å². The SMILES string of the molecule is Nc1cc(Cl)c(-c2ccc(C3(CO)CC3)cc2)nc1NOF. The van der Waals surface area contributed by atoms with E-state index < -0.39 is 0 Å². The van der Waals surface area contributed by atoms with Crippen LogP contribution in [0.3, 0.4) is 0 Å². The third-order valence-corrected chi connectivity index (χ3v) is 4.36. The number of nitrogen functional groups attached to an aromatic ring is 1. The first-order valence-electron chi connectivity index (χ1n) is 6.81. The summed E-state index contributed by atoms with van der Waals surface area (Å²) in [6.07, 6.45) is 1.98. The quantitative estimate of drug-likeness (QED) is 0.736. The Bertz CT molecular complexity index is 690. The van der Waals surface area contributed by atoms with Crippen molar-refractivity contribution in [3.05, 3.63) is 40.9 Å². The fourth-order valence-corrected chi connectivity index (χ4v) is 2.76. The molecule has 3 rings (SSSR count). The van der Waals surface area contributed by atoms with E-state index in [1.807, 2.05) is 29.7 Å². The van der Waals surface area contributed by atoms with Crippen molar-refractivity contribution < 1.29 is 14.7 Å². The molecule has 2 aromatic rings. The van der Waals surface area contributed by atoms with Crippen molar-refractivity contribution in [1.82, 2.24) is 4.98 Å². The van der Waals surface area contributed by atoms with Crippen molar-refractivity contribution in [3.8, 4) is 11.3 Å². The molecule has 1 aliphatic carbocycles. The van der Waals surface area contributed by atoms with Crippen LogP contribution in [0.4, 0.5) is 16.0 Å². The van der Waals surface area contributed by atoms with Gasteiger partial charge in [-0.3, -0.25) is 0 Å². The predicted molar refractivity (Wildman–Crippen MR) is 82.9 cm³/mol. The van der Waals surface area contributed by atoms with Crippen molar-refractivity contribution in [2.45, 2.75) is 18.3 Å². The van der Waals surface area contributed by atoms with Crippen LogP contribution in [-0.4, -0.2) is 16.7 Å². The number of hydrogen-bond acceptors (Lipinski definition) is 5. The summed E-state index contributed by atoms with van der Waals surface area (Å²) >= 11 is 6.16. The number of aliphatic hydroxyl groups is 1. The standard InChI is InChI=1S/C15H15ClFN3O2/c16-11-7-12(18)14(20-22-17)19-13(11)9-1-3-10(4-2-9)15(8-21)5-6-15/h1-4,7,21H,5-6,8,18H2,(H,19,20). The van der Waals surface area contributed by atoms with E-state index in [0.29, 0.717) is 10.7 Å². The normalized spacial score (nSPS) is 15.6. The Balaban J connectivity index is 1.95. The highest BCUT2D eigenvalue weighted by atomic mass is 35.5. The molecule has 0 bridgehead atoms. The van der Waals surface area contributed by atoms with Gasteiger partial charge in [-0.05, 0) is 29.0 Å². The van der Waals surface area contributed by atoms with Gasteiger partial charge in [0.2, 0.25) is 0 Å². The van der Waals surface area contributed by atoms with Gasteiger partial charge in [-0.2, -0.15) is 0 Å². The lowest BCUT2D eigenvalue weighted by Crippen LogP contribution is -2.11. The van der Waals surface area contributed by atoms with E-state index in [1.165, 1.54) is 6.07 Å². The molecule has 1 heterocycles. The number of anilines is 2. The van der Waals surface area contributed by atoms with Crippen LogP contribution >= 0.6 is 11.6 Å². The molecular formula is C15H15ClFN3O2. The highest BCUT2D eigenvalue weighted by Gasteiger charge is 2.43. The van der Waals surface area contributed by atoms with Crippen LogP contribution in [-0.2, 0) is 10.5 Å². The van der Waals surface area contributed by atoms with Crippen LogP contribution in [0.25, 0.3) is 11.3 Å². The molecule has 0 atom stereocenters. The molecule has 4 N–H and O–H groups in total. The van der Waals surface area contributed by atoms with Crippen LogP contribution in [0.5, 0.6) is 0 Å². The van der Waals surface area contributed by atoms with Crippen molar-refractivity contribution in [2.75, 3.05) is 17.8 Å². The molecule has 5 nitrogen and oxygen atoms in total. The molecule has 1 aromatic heterocycles. The van der Waals surface area contributed by atoms with Crippen LogP contribution in [0, 0.1) is 0 Å². The number of nitrogens with two attached hydrogens (primary N) is 1. The molecule has 1 fully saturated rings. The molecule has 0 spiro atoms. The number of pyridine rings is 1. The average Bonchev–Trinajstić information content (AvgIpc) is 3.32. The highest BCUT2D eigenvalue weighted by molar-refractivity contribution is 6.33. The minimum atomic E-state index is -0.0916. The Kier molecular flexibility index (Phi) is 3.90. The zero-order valence-electron chi connectivity index (χ0n) is 11.6. The minimum Gasteiger partial charge on any atom is -0.396 e. The summed E-state index contributed by atoms with van der Waals surface area (Å²) in [5, 5.41) is 13.2. The van der Waals surface area contributed by atoms with Gasteiger partial charge < -0.3 is 10.8 Å². The number of aliphatic hydroxyl groups excluding tert-OH is 1. The van der Waals surface area contributed by atoms with Gasteiger partial charge in [0, 0.05) is 11.0 Å². The number of rotatable bonds is 5. The first-order chi connectivity index (χ1) is 10.6. The lowest BCUT2D eigenvalue weighted by molar-refractivity contribution is -0.0977. The largest absolute Gasteiger partial charge is 0.396 e. The van der Waals surface area contributed by atoms with Gasteiger partial charge in [-0.15, -0.1) is 0 Å². The number of hydrogen-bond donors (Lipinski definition) is 3. The third-order valence-electron chi connectivity index (χ3n) is 4.07. The lowest BCUT2D eigenvalue weighted by Gasteiger charge is -2.13. The number of halogens is 2. The molecule has 0 amide bonds. The van der Waals surface area contributed by atoms with Crippen LogP contribution in [0.1, 0.15) is 18.4 Å². The monoisotopic (exact) mass is 323 g/mol. The molecule has 1 saturated carbocycles. The van der Waals surface area contributed by atoms with Gasteiger partial charge >= 0.3 is 0 Å². The van der Waals surface area contributed by atoms with Gasteiger partial charge in [-0.1, -0.05) is 40.9 Å². The minimum absolute atomic E-state index is 0.0556. The number of nitrogens with zero attached hydrogens (tertiary/aromatic N) is 1. The molecule has 0 radical (unpaired) electrons. The summed E-state index contributed by atoms with van der Waals surface area (Å²) in [6, 6.07) is 9.12. The van der Waals surface area contributed by atoms with Crippen molar-refractivity contribution >= 4 is 23.1 Å². The second-order valence-corrected chi connectivity index (χ2v) is 5.86. The summed E-state index contributed by atoms with van der Waals surface area (Å²) in [5.41, 5.74) is 10.1. The summed E-state index contributed by atoms with van der Waals surface area (Å²) in [5.74, 6) is 0.0556. The van der Waals surface area contributed by atoms with E-state index in [0.717, 1.165) is 24.0 Å². The Hall–Kier alpha value is -1.89. The molecule has 0 aliphatic heterocycles. The van der Waals surface area contributed by atoms with E-state index in [9.17, 15) is 9.63 Å². The smallest absolute Gasteiger partial charge is 0.176 e. The maximum Gasteiger partial charge on any atom is 0.176 e. The van der Waals surface area contributed by atoms with Crippen LogP contribution < -0.4 is 11.2 Å². The fraction of sp³-hybridized carbons (Fsp3) is 0.267. The Morgan fingerprint density at radius 3 is 2.59 bits per heavy atom. The molecular weight excluding hydrogens is 309 g/mol. The fourth-order valence-electron chi connectivity index (χ4n) is 2.49. The van der Waals surface area contributed by atoms with Gasteiger partial charge in [0.05, 0.1) is 23.0 Å². The predicted octanol–water partition coefficient (Wildman–Crippen LogP) is 3.24. The Morgan fingerprint density at radius 1 is 1.36 bits per heavy atom. The summed E-state index contributed by atoms with van der Waals surface area (Å²) < 4.78 is 12.0. The van der Waals surface area contributed by atoms with E-state index in [4.69, 9.17) is 17.3 Å². The summed E-state index contributed by atoms with van der Waals surface area (Å²) in [4.78, 5) is 4.18. The average molecular weight is 324 g/mol. The van der Waals surface area contributed by atoms with Crippen LogP contribution in [0.2, 0.25) is 5.02 Å². The van der Waals surface area contributed by atoms with Gasteiger partial charge in [-0.25, -0.2) is 10.5 Å². The van der Waals surface area contributed by atoms with Gasteiger partial charge in [0.25, 0.3) is 0 Å². The molecule has 116 valence electrons. The number of aromatic nitrogens is 1. The molecule has 7 heteroatoms. The second kappa shape index (κ2) is 5.72. The van der Waals surface area contributed by atoms with E-state index in [-0.39, 0.29) is 23.5 Å². The topological polar surface area (TPSA) is 80.4 Å². The molecule has 1 aliphatic rings. The Morgan fingerprint density at radius 2 is 2.05 bits per heavy atom. The maximum absolute atomic E-state index is 12.0. The maximum atomic E-state index is 12.0. The summed E-state index contributed by atoms with van der Waals surface area (Å²) in [6.45, 7) is 0.148. The second-order valence-electron chi connectivity index (χ2n) is 5.45. The van der Waals surface area contributed by atoms with Crippen molar-refractivity contribution in [2.24, 2.45) is 0 Å². The van der Waals surface area contributed by atoms with E-state index in [2.05, 4.69) is 10.0 Å². The van der Waals surface area contributed by atoms with Crippen molar-refractivity contribution in [1.29, 1.82) is 0 Å². The first-order valence-corrected chi connectivity index (χ1v) is 7.19. The molecule has 0 unspecified atom stereocenters. The van der Waals surface area contributed by atoms with E-state index in [1.54, 1.807) is 0 Å². The molecule has 0 saturated heterocycles. The number of nitrogens with one attached hydrogen (secondary N) is 1. The highest BCUT2D eigenvalue weighted by Crippen LogP contribution is 2.48. The molecule has 22 heavy (non-hydrogen) atoms. The van der Waals surface area contributed by atoms with E-state index >= 15 is 0 Å². The first kappa shape index (κ1) is 15.0. The lowest BCUT2D eigenvalue weighted by atomic mass is 9.95. The molecule has 1 aromatic carbocycles. The zero-order valence-corrected chi connectivity index (χ0v) is 12.4. The number of benzene rings is 1. The summed E-state index contributed by atoms with van der Waals surface area (Å²) in [7, 11) is 0.